The van der Waals surface area contributed by atoms with E-state index < -0.39 is 6.10 Å². The Morgan fingerprint density at radius 1 is 0.833 bits per heavy atom. The summed E-state index contributed by atoms with van der Waals surface area (Å²) < 4.78 is 0. The van der Waals surface area contributed by atoms with Crippen LogP contribution in [0.2, 0.25) is 0 Å². The van der Waals surface area contributed by atoms with Crippen LogP contribution in [0.4, 0.5) is 0 Å². The van der Waals surface area contributed by atoms with Crippen LogP contribution in [0.15, 0.2) is 78.9 Å². The number of aliphatic hydroxyl groups is 1. The van der Waals surface area contributed by atoms with Crippen molar-refractivity contribution in [1.82, 2.24) is 5.32 Å². The van der Waals surface area contributed by atoms with Crippen LogP contribution >= 0.6 is 0 Å². The molecule has 4 rings (SSSR count). The van der Waals surface area contributed by atoms with Crippen molar-refractivity contribution in [3.63, 3.8) is 0 Å². The van der Waals surface area contributed by atoms with Gasteiger partial charge in [0.1, 0.15) is 5.75 Å². The van der Waals surface area contributed by atoms with Crippen molar-refractivity contribution in [3.8, 4) is 5.75 Å². The maximum atomic E-state index is 10.6. The van der Waals surface area contributed by atoms with Crippen LogP contribution in [0.25, 0.3) is 17.7 Å². The number of phenolic OH excluding ortho intramolecular Hbond substituents is 1. The van der Waals surface area contributed by atoms with Gasteiger partial charge in [-0.05, 0) is 65.4 Å². The molecule has 152 valence electrons. The fraction of sp³-hybridized carbons (Fsp3) is 0.185. The van der Waals surface area contributed by atoms with Crippen molar-refractivity contribution >= 4 is 17.7 Å². The first kappa shape index (κ1) is 20.1. The van der Waals surface area contributed by atoms with Crippen molar-refractivity contribution in [2.45, 2.75) is 25.5 Å². The lowest BCUT2D eigenvalue weighted by atomic mass is 9.93. The zero-order chi connectivity index (χ0) is 20.9. The number of aliphatic hydroxyl groups excluding tert-OH is 1. The van der Waals surface area contributed by atoms with E-state index in [0.29, 0.717) is 0 Å². The van der Waals surface area contributed by atoms with Gasteiger partial charge in [0.15, 0.2) is 0 Å². The normalized spacial score (nSPS) is 14.4. The van der Waals surface area contributed by atoms with Crippen LogP contribution in [0.5, 0.6) is 5.75 Å². The summed E-state index contributed by atoms with van der Waals surface area (Å²) in [5, 5.41) is 23.4. The summed E-state index contributed by atoms with van der Waals surface area (Å²) in [5.41, 5.74) is 6.99. The Kier molecular flexibility index (Phi) is 6.12. The number of hydrogen-bond donors (Lipinski definition) is 3. The second-order valence-electron chi connectivity index (χ2n) is 7.69. The summed E-state index contributed by atoms with van der Waals surface area (Å²) in [7, 11) is 0. The topological polar surface area (TPSA) is 52.5 Å². The molecule has 0 bridgehead atoms. The SMILES string of the molecule is CC(NCCC=C1c2ccccc2C=Cc2ccccc21)C(O)c1ccc(O)cc1. The minimum absolute atomic E-state index is 0.0942. The van der Waals surface area contributed by atoms with E-state index in [2.05, 4.69) is 72.1 Å². The Morgan fingerprint density at radius 3 is 2.00 bits per heavy atom. The zero-order valence-electron chi connectivity index (χ0n) is 17.1. The molecule has 3 aromatic carbocycles. The smallest absolute Gasteiger partial charge is 0.115 e. The molecule has 0 radical (unpaired) electrons. The van der Waals surface area contributed by atoms with Crippen LogP contribution in [0.3, 0.4) is 0 Å². The van der Waals surface area contributed by atoms with Gasteiger partial charge in [0.25, 0.3) is 0 Å². The monoisotopic (exact) mass is 397 g/mol. The Balaban J connectivity index is 1.47. The zero-order valence-corrected chi connectivity index (χ0v) is 17.1. The van der Waals surface area contributed by atoms with Gasteiger partial charge in [0.05, 0.1) is 6.10 Å². The van der Waals surface area contributed by atoms with Crippen molar-refractivity contribution in [2.75, 3.05) is 6.54 Å². The maximum absolute atomic E-state index is 10.6. The molecule has 3 heteroatoms. The third kappa shape index (κ3) is 4.38. The summed E-state index contributed by atoms with van der Waals surface area (Å²) in [5.74, 6) is 0.205. The fourth-order valence-electron chi connectivity index (χ4n) is 3.92. The molecule has 0 aromatic heterocycles. The van der Waals surface area contributed by atoms with Gasteiger partial charge in [-0.2, -0.15) is 0 Å². The number of benzene rings is 3. The Hall–Kier alpha value is -3.14. The average molecular weight is 398 g/mol. The Labute approximate surface area is 178 Å². The molecule has 0 saturated heterocycles. The highest BCUT2D eigenvalue weighted by molar-refractivity contribution is 5.93. The van der Waals surface area contributed by atoms with E-state index in [4.69, 9.17) is 0 Å². The van der Waals surface area contributed by atoms with Gasteiger partial charge >= 0.3 is 0 Å². The van der Waals surface area contributed by atoms with Gasteiger partial charge < -0.3 is 15.5 Å². The molecule has 0 heterocycles. The van der Waals surface area contributed by atoms with E-state index in [1.54, 1.807) is 24.3 Å². The number of phenols is 1. The summed E-state index contributed by atoms with van der Waals surface area (Å²) >= 11 is 0. The first-order valence-corrected chi connectivity index (χ1v) is 10.4. The minimum Gasteiger partial charge on any atom is -0.508 e. The third-order valence-electron chi connectivity index (χ3n) is 5.61. The molecule has 2 atom stereocenters. The molecule has 0 amide bonds. The summed E-state index contributed by atoms with van der Waals surface area (Å²) in [6, 6.07) is 23.6. The van der Waals surface area contributed by atoms with Gasteiger partial charge in [0.2, 0.25) is 0 Å². The number of hydrogen-bond acceptors (Lipinski definition) is 3. The molecular formula is C27H27NO2. The number of nitrogens with one attached hydrogen (secondary N) is 1. The lowest BCUT2D eigenvalue weighted by Crippen LogP contribution is -2.32. The van der Waals surface area contributed by atoms with Crippen LogP contribution in [-0.4, -0.2) is 22.8 Å². The largest absolute Gasteiger partial charge is 0.508 e. The predicted molar refractivity (Wildman–Crippen MR) is 124 cm³/mol. The molecule has 0 saturated carbocycles. The van der Waals surface area contributed by atoms with Crippen molar-refractivity contribution < 1.29 is 10.2 Å². The maximum Gasteiger partial charge on any atom is 0.115 e. The number of aromatic hydroxyl groups is 1. The molecule has 30 heavy (non-hydrogen) atoms. The second-order valence-corrected chi connectivity index (χ2v) is 7.69. The lowest BCUT2D eigenvalue weighted by molar-refractivity contribution is 0.136. The summed E-state index contributed by atoms with van der Waals surface area (Å²) in [6.45, 7) is 2.74. The molecular weight excluding hydrogens is 370 g/mol. The highest BCUT2D eigenvalue weighted by atomic mass is 16.3. The third-order valence-corrected chi connectivity index (χ3v) is 5.61. The van der Waals surface area contributed by atoms with Gasteiger partial charge in [-0.25, -0.2) is 0 Å². The first-order chi connectivity index (χ1) is 14.6. The molecule has 3 aromatic rings. The molecule has 1 aliphatic rings. The number of rotatable bonds is 6. The van der Waals surface area contributed by atoms with E-state index in [-0.39, 0.29) is 11.8 Å². The van der Waals surface area contributed by atoms with Gasteiger partial charge in [-0.15, -0.1) is 0 Å². The van der Waals surface area contributed by atoms with Gasteiger partial charge in [0, 0.05) is 6.04 Å². The van der Waals surface area contributed by atoms with E-state index >= 15 is 0 Å². The summed E-state index contributed by atoms with van der Waals surface area (Å²) in [4.78, 5) is 0. The molecule has 0 spiro atoms. The van der Waals surface area contributed by atoms with Gasteiger partial charge in [-0.3, -0.25) is 0 Å². The number of fused-ring (bicyclic) bond motifs is 2. The molecule has 3 N–H and O–H groups in total. The average Bonchev–Trinajstić information content (AvgIpc) is 2.94. The molecule has 1 aliphatic carbocycles. The highest BCUT2D eigenvalue weighted by Gasteiger charge is 2.16. The predicted octanol–water partition coefficient (Wildman–Crippen LogP) is 5.41. The van der Waals surface area contributed by atoms with Crippen molar-refractivity contribution in [1.29, 1.82) is 0 Å². The van der Waals surface area contributed by atoms with E-state index in [0.717, 1.165) is 18.5 Å². The van der Waals surface area contributed by atoms with Crippen LogP contribution in [0.1, 0.15) is 47.3 Å². The lowest BCUT2D eigenvalue weighted by Gasteiger charge is -2.20. The van der Waals surface area contributed by atoms with E-state index in [1.807, 2.05) is 6.92 Å². The molecule has 2 unspecified atom stereocenters. The summed E-state index contributed by atoms with van der Waals surface area (Å²) in [6.07, 6.45) is 6.89. The quantitative estimate of drug-likeness (QED) is 0.381. The van der Waals surface area contributed by atoms with Crippen LogP contribution < -0.4 is 5.32 Å². The van der Waals surface area contributed by atoms with Crippen LogP contribution in [-0.2, 0) is 0 Å². The van der Waals surface area contributed by atoms with Crippen molar-refractivity contribution in [2.24, 2.45) is 0 Å². The Morgan fingerprint density at radius 2 is 1.40 bits per heavy atom. The molecule has 0 fully saturated rings. The minimum atomic E-state index is -0.623. The molecule has 0 aliphatic heterocycles. The van der Waals surface area contributed by atoms with Crippen molar-refractivity contribution in [3.05, 3.63) is 107 Å². The standard InChI is InChI=1S/C27H27NO2/c1-19(27(30)22-14-16-23(29)17-15-22)28-18-6-11-26-24-9-4-2-7-20(24)12-13-21-8-3-5-10-25(21)26/h2-5,7-17,19,27-30H,6,18H2,1H3. The Bertz CT molecular complexity index is 1010. The van der Waals surface area contributed by atoms with Gasteiger partial charge in [-0.1, -0.05) is 78.9 Å². The van der Waals surface area contributed by atoms with Crippen LogP contribution in [0, 0.1) is 0 Å². The second kappa shape index (κ2) is 9.12. The highest BCUT2D eigenvalue weighted by Crippen LogP contribution is 2.33. The fourth-order valence-corrected chi connectivity index (χ4v) is 3.92. The van der Waals surface area contributed by atoms with E-state index in [1.165, 1.54) is 27.8 Å². The molecule has 3 nitrogen and oxygen atoms in total. The van der Waals surface area contributed by atoms with E-state index in [9.17, 15) is 10.2 Å². The first-order valence-electron chi connectivity index (χ1n) is 10.4.